The lowest BCUT2D eigenvalue weighted by Crippen LogP contribution is -2.17. The van der Waals surface area contributed by atoms with E-state index in [-0.39, 0.29) is 5.82 Å². The van der Waals surface area contributed by atoms with E-state index in [1.165, 1.54) is 30.2 Å². The van der Waals surface area contributed by atoms with Gasteiger partial charge in [-0.2, -0.15) is 5.10 Å². The van der Waals surface area contributed by atoms with E-state index in [1.54, 1.807) is 12.1 Å². The molecule has 1 fully saturated rings. The predicted octanol–water partition coefficient (Wildman–Crippen LogP) is 3.45. The molecular formula is C17H22FN3. The fraction of sp³-hybridized carbons (Fsp3) is 0.471. The van der Waals surface area contributed by atoms with Gasteiger partial charge < -0.3 is 5.32 Å². The maximum absolute atomic E-state index is 13.3. The summed E-state index contributed by atoms with van der Waals surface area (Å²) in [7, 11) is 0. The fourth-order valence-electron chi connectivity index (χ4n) is 2.71. The molecule has 1 aromatic heterocycles. The van der Waals surface area contributed by atoms with E-state index < -0.39 is 0 Å². The SMILES string of the molecule is CC(C)c1c(CNC2CC2)cnn1Cc1cccc(F)c1. The topological polar surface area (TPSA) is 29.9 Å². The minimum atomic E-state index is -0.193. The first kappa shape index (κ1) is 14.3. The Kier molecular flexibility index (Phi) is 4.06. The molecule has 0 radical (unpaired) electrons. The highest BCUT2D eigenvalue weighted by atomic mass is 19.1. The predicted molar refractivity (Wildman–Crippen MR) is 81.7 cm³/mol. The molecule has 21 heavy (non-hydrogen) atoms. The van der Waals surface area contributed by atoms with Crippen LogP contribution < -0.4 is 5.32 Å². The number of halogens is 1. The normalized spacial score (nSPS) is 14.9. The van der Waals surface area contributed by atoms with Gasteiger partial charge in [-0.25, -0.2) is 4.39 Å². The molecule has 1 N–H and O–H groups in total. The molecule has 1 heterocycles. The van der Waals surface area contributed by atoms with Gasteiger partial charge in [-0.1, -0.05) is 26.0 Å². The smallest absolute Gasteiger partial charge is 0.123 e. The van der Waals surface area contributed by atoms with Gasteiger partial charge in [0.1, 0.15) is 5.82 Å². The van der Waals surface area contributed by atoms with Crippen LogP contribution in [0.2, 0.25) is 0 Å². The third kappa shape index (κ3) is 3.50. The minimum Gasteiger partial charge on any atom is -0.310 e. The molecule has 0 aliphatic heterocycles. The molecule has 3 rings (SSSR count). The van der Waals surface area contributed by atoms with Gasteiger partial charge in [-0.05, 0) is 36.5 Å². The fourth-order valence-corrected chi connectivity index (χ4v) is 2.71. The molecular weight excluding hydrogens is 265 g/mol. The maximum Gasteiger partial charge on any atom is 0.123 e. The van der Waals surface area contributed by atoms with Crippen molar-refractivity contribution in [1.82, 2.24) is 15.1 Å². The van der Waals surface area contributed by atoms with Gasteiger partial charge in [0.05, 0.1) is 12.7 Å². The summed E-state index contributed by atoms with van der Waals surface area (Å²) in [5.41, 5.74) is 3.45. The number of aromatic nitrogens is 2. The van der Waals surface area contributed by atoms with Crippen LogP contribution in [0.1, 0.15) is 49.4 Å². The van der Waals surface area contributed by atoms with Crippen LogP contribution >= 0.6 is 0 Å². The van der Waals surface area contributed by atoms with Crippen molar-refractivity contribution >= 4 is 0 Å². The first-order valence-electron chi connectivity index (χ1n) is 7.66. The van der Waals surface area contributed by atoms with Gasteiger partial charge in [0.2, 0.25) is 0 Å². The second-order valence-corrected chi connectivity index (χ2v) is 6.15. The van der Waals surface area contributed by atoms with Gasteiger partial charge in [-0.15, -0.1) is 0 Å². The largest absolute Gasteiger partial charge is 0.310 e. The van der Waals surface area contributed by atoms with Gasteiger partial charge in [0.15, 0.2) is 0 Å². The summed E-state index contributed by atoms with van der Waals surface area (Å²) in [6, 6.07) is 7.43. The first-order chi connectivity index (χ1) is 10.1. The van der Waals surface area contributed by atoms with Crippen LogP contribution in [0.4, 0.5) is 4.39 Å². The van der Waals surface area contributed by atoms with Crippen LogP contribution in [0.25, 0.3) is 0 Å². The van der Waals surface area contributed by atoms with E-state index in [1.807, 2.05) is 16.9 Å². The van der Waals surface area contributed by atoms with E-state index >= 15 is 0 Å². The van der Waals surface area contributed by atoms with Crippen LogP contribution in [0, 0.1) is 5.82 Å². The molecule has 0 bridgehead atoms. The van der Waals surface area contributed by atoms with Crippen LogP contribution in [-0.4, -0.2) is 15.8 Å². The molecule has 0 unspecified atom stereocenters. The van der Waals surface area contributed by atoms with Gasteiger partial charge in [-0.3, -0.25) is 4.68 Å². The molecule has 2 aromatic rings. The van der Waals surface area contributed by atoms with Crippen LogP contribution in [0.3, 0.4) is 0 Å². The van der Waals surface area contributed by atoms with Crippen molar-refractivity contribution in [2.75, 3.05) is 0 Å². The van der Waals surface area contributed by atoms with Crippen molar-refractivity contribution < 1.29 is 4.39 Å². The lowest BCUT2D eigenvalue weighted by atomic mass is 10.1. The second kappa shape index (κ2) is 5.98. The van der Waals surface area contributed by atoms with Gasteiger partial charge in [0, 0.05) is 23.8 Å². The van der Waals surface area contributed by atoms with Crippen LogP contribution in [0.15, 0.2) is 30.5 Å². The van der Waals surface area contributed by atoms with Crippen molar-refractivity contribution in [3.63, 3.8) is 0 Å². The average molecular weight is 287 g/mol. The molecule has 0 saturated heterocycles. The van der Waals surface area contributed by atoms with Gasteiger partial charge in [0.25, 0.3) is 0 Å². The summed E-state index contributed by atoms with van der Waals surface area (Å²) in [6.07, 6.45) is 4.52. The highest BCUT2D eigenvalue weighted by Gasteiger charge is 2.22. The highest BCUT2D eigenvalue weighted by molar-refractivity contribution is 5.24. The van der Waals surface area contributed by atoms with Crippen molar-refractivity contribution in [2.45, 2.75) is 51.7 Å². The summed E-state index contributed by atoms with van der Waals surface area (Å²) in [6.45, 7) is 5.86. The average Bonchev–Trinajstić information content (AvgIpc) is 3.17. The number of benzene rings is 1. The highest BCUT2D eigenvalue weighted by Crippen LogP contribution is 2.23. The zero-order valence-corrected chi connectivity index (χ0v) is 12.6. The van der Waals surface area contributed by atoms with E-state index in [4.69, 9.17) is 0 Å². The molecule has 1 saturated carbocycles. The minimum absolute atomic E-state index is 0.193. The molecule has 4 heteroatoms. The molecule has 112 valence electrons. The zero-order chi connectivity index (χ0) is 14.8. The summed E-state index contributed by atoms with van der Waals surface area (Å²) in [4.78, 5) is 0. The Morgan fingerprint density at radius 1 is 1.38 bits per heavy atom. The Hall–Kier alpha value is -1.68. The number of nitrogens with zero attached hydrogens (tertiary/aromatic N) is 2. The zero-order valence-electron chi connectivity index (χ0n) is 12.6. The number of hydrogen-bond acceptors (Lipinski definition) is 2. The second-order valence-electron chi connectivity index (χ2n) is 6.15. The van der Waals surface area contributed by atoms with E-state index in [0.29, 0.717) is 18.5 Å². The monoisotopic (exact) mass is 287 g/mol. The molecule has 1 aliphatic rings. The maximum atomic E-state index is 13.3. The van der Waals surface area contributed by atoms with E-state index in [0.717, 1.165) is 12.1 Å². The lowest BCUT2D eigenvalue weighted by Gasteiger charge is -2.13. The third-order valence-electron chi connectivity index (χ3n) is 3.89. The molecule has 0 amide bonds. The van der Waals surface area contributed by atoms with Crippen LogP contribution in [0.5, 0.6) is 0 Å². The summed E-state index contributed by atoms with van der Waals surface area (Å²) < 4.78 is 15.3. The van der Waals surface area contributed by atoms with Gasteiger partial charge >= 0.3 is 0 Å². The van der Waals surface area contributed by atoms with Crippen molar-refractivity contribution in [2.24, 2.45) is 0 Å². The third-order valence-corrected chi connectivity index (χ3v) is 3.89. The van der Waals surface area contributed by atoms with Crippen molar-refractivity contribution in [3.05, 3.63) is 53.1 Å². The molecule has 0 atom stereocenters. The summed E-state index contributed by atoms with van der Waals surface area (Å²) in [5, 5.41) is 8.06. The van der Waals surface area contributed by atoms with E-state index in [2.05, 4.69) is 24.3 Å². The Morgan fingerprint density at radius 2 is 2.19 bits per heavy atom. The number of nitrogens with one attached hydrogen (secondary N) is 1. The van der Waals surface area contributed by atoms with Crippen molar-refractivity contribution in [1.29, 1.82) is 0 Å². The molecule has 1 aliphatic carbocycles. The first-order valence-corrected chi connectivity index (χ1v) is 7.66. The number of rotatable bonds is 6. The Labute approximate surface area is 125 Å². The molecule has 1 aromatic carbocycles. The molecule has 0 spiro atoms. The van der Waals surface area contributed by atoms with Crippen LogP contribution in [-0.2, 0) is 13.1 Å². The lowest BCUT2D eigenvalue weighted by molar-refractivity contribution is 0.596. The van der Waals surface area contributed by atoms with Crippen molar-refractivity contribution in [3.8, 4) is 0 Å². The quantitative estimate of drug-likeness (QED) is 0.882. The Balaban J connectivity index is 1.80. The summed E-state index contributed by atoms with van der Waals surface area (Å²) >= 11 is 0. The number of hydrogen-bond donors (Lipinski definition) is 1. The summed E-state index contributed by atoms with van der Waals surface area (Å²) in [5.74, 6) is 0.207. The Bertz CT molecular complexity index is 614. The van der Waals surface area contributed by atoms with E-state index in [9.17, 15) is 4.39 Å². The molecule has 3 nitrogen and oxygen atoms in total. The standard InChI is InChI=1S/C17H22FN3/c1-12(2)17-14(9-19-16-6-7-16)10-20-21(17)11-13-4-3-5-15(18)8-13/h3-5,8,10,12,16,19H,6-7,9,11H2,1-2H3. The Morgan fingerprint density at radius 3 is 2.86 bits per heavy atom.